The minimum absolute atomic E-state index is 0.0289. The highest BCUT2D eigenvalue weighted by atomic mass is 35.5. The van der Waals surface area contributed by atoms with Gasteiger partial charge in [-0.25, -0.2) is 20.0 Å². The lowest BCUT2D eigenvalue weighted by molar-refractivity contribution is -0.132. The molecule has 0 fully saturated rings. The number of fused-ring (bicyclic) bond motifs is 1. The molecule has 0 saturated heterocycles. The number of nitrogens with zero attached hydrogens (tertiary/aromatic N) is 2. The first kappa shape index (κ1) is 24.4. The molecular formula is C22H23ClN4O5S. The van der Waals surface area contributed by atoms with Crippen molar-refractivity contribution in [3.8, 4) is 0 Å². The van der Waals surface area contributed by atoms with Crippen molar-refractivity contribution >= 4 is 56.3 Å². The van der Waals surface area contributed by atoms with Gasteiger partial charge in [-0.1, -0.05) is 41.1 Å². The fraction of sp³-hybridized carbons (Fsp3) is 0.273. The Kier molecular flexibility index (Phi) is 8.58. The molecule has 2 N–H and O–H groups in total. The Morgan fingerprint density at radius 2 is 1.94 bits per heavy atom. The molecule has 33 heavy (non-hydrogen) atoms. The molecule has 1 aromatic heterocycles. The average molecular weight is 491 g/mol. The summed E-state index contributed by atoms with van der Waals surface area (Å²) in [6.45, 7) is 3.90. The minimum Gasteiger partial charge on any atom is -0.462 e. The zero-order valence-corrected chi connectivity index (χ0v) is 19.7. The van der Waals surface area contributed by atoms with E-state index in [4.69, 9.17) is 21.1 Å². The van der Waals surface area contributed by atoms with Gasteiger partial charge in [-0.3, -0.25) is 15.1 Å². The van der Waals surface area contributed by atoms with Gasteiger partial charge in [-0.2, -0.15) is 0 Å². The minimum atomic E-state index is -0.700. The Morgan fingerprint density at radius 1 is 1.15 bits per heavy atom. The van der Waals surface area contributed by atoms with Crippen LogP contribution in [0.4, 0.5) is 9.93 Å². The standard InChI is InChI=1S/C22H23ClN4O5S/c1-3-31-20(29)15-8-9-18-19(12-15)33-21(25-18)26-22(30)32-11-10-27(14(2)28)24-13-16-6-4-5-7-17(16)23/h4-9,12,24H,3,10-11,13H2,1-2H3,(H,25,26,30). The highest BCUT2D eigenvalue weighted by Gasteiger charge is 2.14. The summed E-state index contributed by atoms with van der Waals surface area (Å²) in [5.74, 6) is -0.644. The van der Waals surface area contributed by atoms with Crippen molar-refractivity contribution in [1.29, 1.82) is 0 Å². The molecule has 0 aliphatic rings. The molecule has 1 heterocycles. The number of ether oxygens (including phenoxy) is 2. The number of rotatable bonds is 9. The molecular weight excluding hydrogens is 468 g/mol. The topological polar surface area (TPSA) is 110 Å². The third kappa shape index (κ3) is 6.88. The molecule has 3 rings (SSSR count). The van der Waals surface area contributed by atoms with E-state index in [1.807, 2.05) is 18.2 Å². The summed E-state index contributed by atoms with van der Waals surface area (Å²) in [5, 5.41) is 4.84. The van der Waals surface area contributed by atoms with Crippen LogP contribution >= 0.6 is 22.9 Å². The van der Waals surface area contributed by atoms with E-state index < -0.39 is 12.1 Å². The lowest BCUT2D eigenvalue weighted by Crippen LogP contribution is -2.43. The van der Waals surface area contributed by atoms with Gasteiger partial charge in [-0.05, 0) is 36.8 Å². The quantitative estimate of drug-likeness (QED) is 0.341. The number of benzene rings is 2. The van der Waals surface area contributed by atoms with Crippen LogP contribution in [0.3, 0.4) is 0 Å². The normalized spacial score (nSPS) is 10.6. The zero-order chi connectivity index (χ0) is 23.8. The first-order valence-corrected chi connectivity index (χ1v) is 11.3. The molecule has 0 unspecified atom stereocenters. The average Bonchev–Trinajstić information content (AvgIpc) is 3.18. The first-order valence-electron chi connectivity index (χ1n) is 10.1. The number of esters is 1. The highest BCUT2D eigenvalue weighted by molar-refractivity contribution is 7.22. The fourth-order valence-electron chi connectivity index (χ4n) is 2.84. The van der Waals surface area contributed by atoms with Gasteiger partial charge in [0.1, 0.15) is 6.61 Å². The lowest BCUT2D eigenvalue weighted by Gasteiger charge is -2.22. The fourth-order valence-corrected chi connectivity index (χ4v) is 3.94. The Morgan fingerprint density at radius 3 is 2.67 bits per heavy atom. The van der Waals surface area contributed by atoms with E-state index in [1.165, 1.54) is 23.3 Å². The van der Waals surface area contributed by atoms with Crippen LogP contribution in [-0.2, 0) is 20.8 Å². The van der Waals surface area contributed by atoms with Gasteiger partial charge in [0.05, 0.1) is 28.9 Å². The molecule has 0 bridgehead atoms. The Labute approximate surface area is 199 Å². The van der Waals surface area contributed by atoms with E-state index in [0.29, 0.717) is 27.8 Å². The molecule has 11 heteroatoms. The lowest BCUT2D eigenvalue weighted by atomic mass is 10.2. The largest absolute Gasteiger partial charge is 0.462 e. The summed E-state index contributed by atoms with van der Waals surface area (Å²) in [4.78, 5) is 40.2. The third-order valence-electron chi connectivity index (χ3n) is 4.45. The van der Waals surface area contributed by atoms with Crippen LogP contribution < -0.4 is 10.7 Å². The molecule has 9 nitrogen and oxygen atoms in total. The number of anilines is 1. The molecule has 3 aromatic rings. The van der Waals surface area contributed by atoms with Gasteiger partial charge in [0.25, 0.3) is 0 Å². The zero-order valence-electron chi connectivity index (χ0n) is 18.1. The van der Waals surface area contributed by atoms with Crippen molar-refractivity contribution in [2.75, 3.05) is 25.1 Å². The Bertz CT molecular complexity index is 1150. The van der Waals surface area contributed by atoms with E-state index in [2.05, 4.69) is 15.7 Å². The van der Waals surface area contributed by atoms with E-state index in [1.54, 1.807) is 31.2 Å². The van der Waals surface area contributed by atoms with Crippen LogP contribution in [0, 0.1) is 0 Å². The van der Waals surface area contributed by atoms with Gasteiger partial charge in [0.15, 0.2) is 5.13 Å². The van der Waals surface area contributed by atoms with E-state index in [0.717, 1.165) is 10.3 Å². The van der Waals surface area contributed by atoms with Crippen LogP contribution in [0.5, 0.6) is 0 Å². The molecule has 0 spiro atoms. The summed E-state index contributed by atoms with van der Waals surface area (Å²) in [6, 6.07) is 12.3. The number of hydrogen-bond donors (Lipinski definition) is 2. The van der Waals surface area contributed by atoms with Crippen molar-refractivity contribution in [2.24, 2.45) is 0 Å². The van der Waals surface area contributed by atoms with Crippen LogP contribution in [0.25, 0.3) is 10.2 Å². The molecule has 174 valence electrons. The number of halogens is 1. The molecule has 0 saturated carbocycles. The van der Waals surface area contributed by atoms with Crippen LogP contribution in [0.15, 0.2) is 42.5 Å². The van der Waals surface area contributed by atoms with Crippen molar-refractivity contribution in [2.45, 2.75) is 20.4 Å². The van der Waals surface area contributed by atoms with Crippen LogP contribution in [-0.4, -0.2) is 47.7 Å². The number of carbonyl (C=O) groups excluding carboxylic acids is 3. The van der Waals surface area contributed by atoms with Gasteiger partial charge >= 0.3 is 12.1 Å². The predicted molar refractivity (Wildman–Crippen MR) is 126 cm³/mol. The van der Waals surface area contributed by atoms with Gasteiger partial charge in [0, 0.05) is 18.5 Å². The highest BCUT2D eigenvalue weighted by Crippen LogP contribution is 2.27. The SMILES string of the molecule is CCOC(=O)c1ccc2nc(NC(=O)OCCN(NCc3ccccc3Cl)C(C)=O)sc2c1. The third-order valence-corrected chi connectivity index (χ3v) is 5.76. The summed E-state index contributed by atoms with van der Waals surface area (Å²) < 4.78 is 10.9. The maximum atomic E-state index is 12.1. The second-order valence-electron chi connectivity index (χ2n) is 6.78. The second kappa shape index (κ2) is 11.6. The van der Waals surface area contributed by atoms with Crippen molar-refractivity contribution < 1.29 is 23.9 Å². The van der Waals surface area contributed by atoms with Gasteiger partial charge < -0.3 is 9.47 Å². The summed E-state index contributed by atoms with van der Waals surface area (Å²) in [5.41, 5.74) is 4.87. The first-order chi connectivity index (χ1) is 15.9. The van der Waals surface area contributed by atoms with Crippen molar-refractivity contribution in [3.63, 3.8) is 0 Å². The maximum Gasteiger partial charge on any atom is 0.413 e. The Balaban J connectivity index is 1.50. The molecule has 0 aliphatic carbocycles. The number of aromatic nitrogens is 1. The van der Waals surface area contributed by atoms with E-state index >= 15 is 0 Å². The number of nitrogens with one attached hydrogen (secondary N) is 2. The monoisotopic (exact) mass is 490 g/mol. The maximum absolute atomic E-state index is 12.1. The van der Waals surface area contributed by atoms with E-state index in [9.17, 15) is 14.4 Å². The van der Waals surface area contributed by atoms with Gasteiger partial charge in [-0.15, -0.1) is 0 Å². The second-order valence-corrected chi connectivity index (χ2v) is 8.22. The molecule has 2 amide bonds. The molecule has 0 atom stereocenters. The number of hydrazine groups is 1. The van der Waals surface area contributed by atoms with E-state index in [-0.39, 0.29) is 25.7 Å². The van der Waals surface area contributed by atoms with Crippen molar-refractivity contribution in [3.05, 3.63) is 58.6 Å². The number of hydrogen-bond acceptors (Lipinski definition) is 8. The summed E-state index contributed by atoms with van der Waals surface area (Å²) in [6.07, 6.45) is -0.700. The van der Waals surface area contributed by atoms with Crippen molar-refractivity contribution in [1.82, 2.24) is 15.4 Å². The molecule has 0 aliphatic heterocycles. The number of carbonyl (C=O) groups is 3. The summed E-state index contributed by atoms with van der Waals surface area (Å²) >= 11 is 7.34. The Hall–Kier alpha value is -3.21. The van der Waals surface area contributed by atoms with Crippen LogP contribution in [0.1, 0.15) is 29.8 Å². The number of amides is 2. The summed E-state index contributed by atoms with van der Waals surface area (Å²) in [7, 11) is 0. The van der Waals surface area contributed by atoms with Gasteiger partial charge in [0.2, 0.25) is 5.91 Å². The molecule has 2 aromatic carbocycles. The predicted octanol–water partition coefficient (Wildman–Crippen LogP) is 4.23. The van der Waals surface area contributed by atoms with Crippen LogP contribution in [0.2, 0.25) is 5.02 Å². The number of thiazole rings is 1. The smallest absolute Gasteiger partial charge is 0.413 e. The molecule has 0 radical (unpaired) electrons.